The van der Waals surface area contributed by atoms with Gasteiger partial charge in [-0.15, -0.1) is 23.1 Å². The predicted molar refractivity (Wildman–Crippen MR) is 145 cm³/mol. The summed E-state index contributed by atoms with van der Waals surface area (Å²) in [4.78, 5) is 31.6. The van der Waals surface area contributed by atoms with Gasteiger partial charge >= 0.3 is 5.97 Å². The molecule has 11 heteroatoms. The third-order valence-electron chi connectivity index (χ3n) is 4.58. The second kappa shape index (κ2) is 13.1. The number of carbonyl (C=O) groups is 2. The van der Waals surface area contributed by atoms with Gasteiger partial charge in [0, 0.05) is 14.7 Å². The van der Waals surface area contributed by atoms with Gasteiger partial charge in [0.15, 0.2) is 0 Å². The highest BCUT2D eigenvalue weighted by molar-refractivity contribution is 8.01. The molecule has 0 spiro atoms. The molecule has 1 amide bonds. The highest BCUT2D eigenvalue weighted by Crippen LogP contribution is 2.35. The summed E-state index contributed by atoms with van der Waals surface area (Å²) in [5.74, 6) is -1.20. The Balaban J connectivity index is 1.54. The van der Waals surface area contributed by atoms with Crippen LogP contribution in [0.2, 0.25) is 0 Å². The molecule has 0 radical (unpaired) electrons. The standard InChI is InChI=1S/C26H20F2N2O3S4/c1-2-33-23(31)15-34-24-14-13-22(37-24)30-26(32)25-20(35-18-7-3-16(27)4-8-18)11-12-21(29-25)36-19-9-5-17(28)6-10-19/h3-14H,2,15H2,1H3,(H,30,32). The van der Waals surface area contributed by atoms with Gasteiger partial charge in [-0.3, -0.25) is 9.59 Å². The minimum atomic E-state index is -0.407. The second-order valence-electron chi connectivity index (χ2n) is 7.27. The largest absolute Gasteiger partial charge is 0.465 e. The van der Waals surface area contributed by atoms with E-state index in [1.807, 2.05) is 6.07 Å². The van der Waals surface area contributed by atoms with Crippen LogP contribution in [0.1, 0.15) is 17.4 Å². The molecule has 0 aliphatic heterocycles. The van der Waals surface area contributed by atoms with Gasteiger partial charge < -0.3 is 10.1 Å². The van der Waals surface area contributed by atoms with Crippen molar-refractivity contribution in [3.8, 4) is 0 Å². The number of esters is 1. The fraction of sp³-hybridized carbons (Fsp3) is 0.115. The molecule has 0 aliphatic carbocycles. The Hall–Kier alpha value is -2.86. The lowest BCUT2D eigenvalue weighted by Crippen LogP contribution is -2.14. The van der Waals surface area contributed by atoms with Crippen LogP contribution in [0.25, 0.3) is 0 Å². The summed E-state index contributed by atoms with van der Waals surface area (Å²) in [6, 6.07) is 19.2. The molecule has 0 saturated heterocycles. The first-order chi connectivity index (χ1) is 17.9. The van der Waals surface area contributed by atoms with Crippen LogP contribution >= 0.6 is 46.6 Å². The number of pyridine rings is 1. The van der Waals surface area contributed by atoms with Gasteiger partial charge in [-0.1, -0.05) is 23.5 Å². The molecular weight excluding hydrogens is 555 g/mol. The maximum Gasteiger partial charge on any atom is 0.316 e. The number of carbonyl (C=O) groups excluding carboxylic acids is 2. The molecule has 0 unspecified atom stereocenters. The number of thiophene rings is 1. The lowest BCUT2D eigenvalue weighted by Gasteiger charge is -2.11. The van der Waals surface area contributed by atoms with Gasteiger partial charge in [0.2, 0.25) is 0 Å². The number of rotatable bonds is 10. The Labute approximate surface area is 229 Å². The number of nitrogens with zero attached hydrogens (tertiary/aromatic N) is 1. The molecule has 0 bridgehead atoms. The Kier molecular flexibility index (Phi) is 9.62. The minimum Gasteiger partial charge on any atom is -0.465 e. The van der Waals surface area contributed by atoms with Crippen molar-refractivity contribution in [3.63, 3.8) is 0 Å². The quantitative estimate of drug-likeness (QED) is 0.154. The molecule has 4 aromatic rings. The van der Waals surface area contributed by atoms with E-state index in [0.29, 0.717) is 21.5 Å². The zero-order valence-corrected chi connectivity index (χ0v) is 22.7. The zero-order chi connectivity index (χ0) is 26.2. The molecule has 1 N–H and O–H groups in total. The number of halogens is 2. The van der Waals surface area contributed by atoms with E-state index in [1.165, 1.54) is 70.9 Å². The van der Waals surface area contributed by atoms with Crippen molar-refractivity contribution in [3.05, 3.63) is 90.1 Å². The number of ether oxygens (including phenoxy) is 1. The molecule has 2 aromatic heterocycles. The van der Waals surface area contributed by atoms with Crippen molar-refractivity contribution in [1.82, 2.24) is 4.98 Å². The van der Waals surface area contributed by atoms with Gasteiger partial charge in [-0.2, -0.15) is 0 Å². The van der Waals surface area contributed by atoms with Crippen molar-refractivity contribution < 1.29 is 23.1 Å². The number of thioether (sulfide) groups is 1. The van der Waals surface area contributed by atoms with E-state index in [1.54, 1.807) is 49.4 Å². The zero-order valence-electron chi connectivity index (χ0n) is 19.4. The smallest absolute Gasteiger partial charge is 0.316 e. The summed E-state index contributed by atoms with van der Waals surface area (Å²) in [5.41, 5.74) is 0.204. The van der Waals surface area contributed by atoms with Crippen molar-refractivity contribution in [1.29, 1.82) is 0 Å². The van der Waals surface area contributed by atoms with Crippen LogP contribution in [0, 0.1) is 11.6 Å². The fourth-order valence-corrected chi connectivity index (χ4v) is 6.46. The number of hydrogen-bond donors (Lipinski definition) is 1. The monoisotopic (exact) mass is 574 g/mol. The normalized spacial score (nSPS) is 10.8. The van der Waals surface area contributed by atoms with Crippen LogP contribution in [0.4, 0.5) is 13.8 Å². The van der Waals surface area contributed by atoms with E-state index in [4.69, 9.17) is 4.74 Å². The number of amides is 1. The summed E-state index contributed by atoms with van der Waals surface area (Å²) in [5, 5.41) is 4.05. The lowest BCUT2D eigenvalue weighted by atomic mass is 10.3. The van der Waals surface area contributed by atoms with Gasteiger partial charge in [-0.25, -0.2) is 13.8 Å². The number of aromatic nitrogens is 1. The first-order valence-electron chi connectivity index (χ1n) is 11.0. The van der Waals surface area contributed by atoms with E-state index in [-0.39, 0.29) is 29.1 Å². The first kappa shape index (κ1) is 27.2. The summed E-state index contributed by atoms with van der Waals surface area (Å²) in [7, 11) is 0. The molecular formula is C26H20F2N2O3S4. The third-order valence-corrected chi connectivity index (χ3v) is 8.78. The number of nitrogens with one attached hydrogen (secondary N) is 1. The molecule has 0 saturated carbocycles. The van der Waals surface area contributed by atoms with E-state index in [2.05, 4.69) is 10.3 Å². The summed E-state index contributed by atoms with van der Waals surface area (Å²) < 4.78 is 32.4. The average Bonchev–Trinajstić information content (AvgIpc) is 3.33. The van der Waals surface area contributed by atoms with E-state index >= 15 is 0 Å². The van der Waals surface area contributed by atoms with Crippen LogP contribution in [0.15, 0.2) is 96.7 Å². The summed E-state index contributed by atoms with van der Waals surface area (Å²) in [6.45, 7) is 2.08. The molecule has 2 aromatic carbocycles. The van der Waals surface area contributed by atoms with Crippen LogP contribution in [-0.4, -0.2) is 29.2 Å². The Morgan fingerprint density at radius 2 is 1.54 bits per heavy atom. The molecule has 0 atom stereocenters. The van der Waals surface area contributed by atoms with Gasteiger partial charge in [-0.05, 0) is 79.7 Å². The molecule has 190 valence electrons. The van der Waals surface area contributed by atoms with Crippen LogP contribution < -0.4 is 5.32 Å². The third kappa shape index (κ3) is 8.06. The first-order valence-corrected chi connectivity index (χ1v) is 14.4. The molecule has 0 fully saturated rings. The summed E-state index contributed by atoms with van der Waals surface area (Å²) >= 11 is 5.28. The van der Waals surface area contributed by atoms with Crippen molar-refractivity contribution in [2.45, 2.75) is 30.8 Å². The summed E-state index contributed by atoms with van der Waals surface area (Å²) in [6.07, 6.45) is 0. The highest BCUT2D eigenvalue weighted by Gasteiger charge is 2.18. The Morgan fingerprint density at radius 1 is 0.892 bits per heavy atom. The number of anilines is 1. The molecule has 4 rings (SSSR count). The van der Waals surface area contributed by atoms with E-state index < -0.39 is 5.91 Å². The Morgan fingerprint density at radius 3 is 2.19 bits per heavy atom. The maximum absolute atomic E-state index is 13.4. The van der Waals surface area contributed by atoms with E-state index in [0.717, 1.165) is 14.0 Å². The number of benzene rings is 2. The molecule has 0 aliphatic rings. The van der Waals surface area contributed by atoms with Crippen molar-refractivity contribution in [2.75, 3.05) is 17.7 Å². The average molecular weight is 575 g/mol. The Bertz CT molecular complexity index is 1380. The van der Waals surface area contributed by atoms with Crippen molar-refractivity contribution >= 4 is 63.5 Å². The van der Waals surface area contributed by atoms with Gasteiger partial charge in [0.25, 0.3) is 5.91 Å². The fourth-order valence-electron chi connectivity index (χ4n) is 2.95. The van der Waals surface area contributed by atoms with Crippen LogP contribution in [0.5, 0.6) is 0 Å². The maximum atomic E-state index is 13.4. The SMILES string of the molecule is CCOC(=O)CSc1ccc(NC(=O)c2nc(Sc3ccc(F)cc3)ccc2Sc2ccc(F)cc2)s1. The van der Waals surface area contributed by atoms with Gasteiger partial charge in [0.05, 0.1) is 21.6 Å². The molecule has 2 heterocycles. The predicted octanol–water partition coefficient (Wildman–Crippen LogP) is 7.63. The second-order valence-corrected chi connectivity index (χ2v) is 11.8. The molecule has 5 nitrogen and oxygen atoms in total. The van der Waals surface area contributed by atoms with Gasteiger partial charge in [0.1, 0.15) is 22.4 Å². The topological polar surface area (TPSA) is 68.3 Å². The van der Waals surface area contributed by atoms with Crippen LogP contribution in [0.3, 0.4) is 0 Å². The van der Waals surface area contributed by atoms with E-state index in [9.17, 15) is 18.4 Å². The minimum absolute atomic E-state index is 0.185. The molecule has 37 heavy (non-hydrogen) atoms. The number of hydrogen-bond acceptors (Lipinski definition) is 8. The van der Waals surface area contributed by atoms with Crippen molar-refractivity contribution in [2.24, 2.45) is 0 Å². The lowest BCUT2D eigenvalue weighted by molar-refractivity contribution is -0.139. The highest BCUT2D eigenvalue weighted by atomic mass is 32.2. The van der Waals surface area contributed by atoms with Crippen LogP contribution in [-0.2, 0) is 9.53 Å².